The molecule has 1 aliphatic heterocycles. The van der Waals surface area contributed by atoms with Gasteiger partial charge in [-0.05, 0) is 81.0 Å². The number of carbonyl (C=O) groups excluding carboxylic acids is 3. The number of rotatable bonds is 11. The van der Waals surface area contributed by atoms with Crippen molar-refractivity contribution >= 4 is 41.1 Å². The topological polar surface area (TPSA) is 108 Å². The first-order valence-corrected chi connectivity index (χ1v) is 15.9. The van der Waals surface area contributed by atoms with E-state index >= 15 is 0 Å². The number of nitrogens with zero attached hydrogens (tertiary/aromatic N) is 1. The van der Waals surface area contributed by atoms with Crippen molar-refractivity contribution in [2.75, 3.05) is 12.5 Å². The number of hydrogen-bond donors (Lipinski definition) is 3. The van der Waals surface area contributed by atoms with Gasteiger partial charge in [0.1, 0.15) is 11.8 Å². The molecule has 0 aromatic heterocycles. The third-order valence-electron chi connectivity index (χ3n) is 7.84. The summed E-state index contributed by atoms with van der Waals surface area (Å²) < 4.78 is 5.23. The van der Waals surface area contributed by atoms with Crippen LogP contribution in [0.3, 0.4) is 0 Å². The summed E-state index contributed by atoms with van der Waals surface area (Å²) >= 11 is 7.59. The lowest BCUT2D eigenvalue weighted by Gasteiger charge is -2.33. The Morgan fingerprint density at radius 1 is 1.02 bits per heavy atom. The molecule has 10 heteroatoms. The van der Waals surface area contributed by atoms with Crippen LogP contribution in [0.4, 0.5) is 0 Å². The van der Waals surface area contributed by atoms with Crippen LogP contribution in [0, 0.1) is 20.8 Å². The van der Waals surface area contributed by atoms with Crippen molar-refractivity contribution in [2.24, 2.45) is 0 Å². The Labute approximate surface area is 268 Å². The first-order chi connectivity index (χ1) is 20.9. The molecule has 3 unspecified atom stereocenters. The molecule has 0 bridgehead atoms. The number of amides is 3. The zero-order valence-electron chi connectivity index (χ0n) is 25.7. The van der Waals surface area contributed by atoms with E-state index in [1.54, 1.807) is 12.1 Å². The summed E-state index contributed by atoms with van der Waals surface area (Å²) in [5.41, 5.74) is 4.46. The summed E-state index contributed by atoms with van der Waals surface area (Å²) in [6, 6.07) is 18.8. The Morgan fingerprint density at radius 3 is 2.32 bits per heavy atom. The van der Waals surface area contributed by atoms with Crippen LogP contribution < -0.4 is 15.4 Å². The van der Waals surface area contributed by atoms with Gasteiger partial charge in [0.2, 0.25) is 5.91 Å². The first-order valence-electron chi connectivity index (χ1n) is 14.5. The lowest BCUT2D eigenvalue weighted by atomic mass is 9.97. The van der Waals surface area contributed by atoms with Crippen LogP contribution in [0.25, 0.3) is 0 Å². The third kappa shape index (κ3) is 8.14. The molecule has 1 saturated heterocycles. The molecule has 234 valence electrons. The number of hydrogen-bond acceptors (Lipinski definition) is 6. The minimum absolute atomic E-state index is 0.201. The van der Waals surface area contributed by atoms with E-state index in [1.807, 2.05) is 89.2 Å². The highest BCUT2D eigenvalue weighted by molar-refractivity contribution is 8.00. The maximum atomic E-state index is 13.9. The fourth-order valence-electron chi connectivity index (χ4n) is 5.46. The maximum Gasteiger partial charge on any atom is 0.258 e. The van der Waals surface area contributed by atoms with Crippen LogP contribution in [0.15, 0.2) is 66.7 Å². The smallest absolute Gasteiger partial charge is 0.258 e. The normalized spacial score (nSPS) is 17.1. The summed E-state index contributed by atoms with van der Waals surface area (Å²) in [6.45, 7) is 9.50. The van der Waals surface area contributed by atoms with Gasteiger partial charge in [-0.3, -0.25) is 14.4 Å². The molecule has 44 heavy (non-hydrogen) atoms. The lowest BCUT2D eigenvalue weighted by Crippen LogP contribution is -2.59. The fraction of sp³-hybridized carbons (Fsp3) is 0.382. The van der Waals surface area contributed by atoms with Crippen molar-refractivity contribution in [3.05, 3.63) is 99.6 Å². The number of aliphatic hydroxyl groups excluding tert-OH is 1. The van der Waals surface area contributed by atoms with E-state index in [4.69, 9.17) is 16.3 Å². The SMILES string of the molecule is Cc1ccccc1CNC(=O)C1N(C(=O)C(O)C(Cc2ccccc2)NC(=O)COc2c(C)cc(Cl)cc2C)CSC1(C)C. The maximum absolute atomic E-state index is 13.9. The molecule has 0 saturated carbocycles. The zero-order valence-corrected chi connectivity index (χ0v) is 27.3. The molecule has 3 aromatic carbocycles. The lowest BCUT2D eigenvalue weighted by molar-refractivity contribution is -0.148. The van der Waals surface area contributed by atoms with E-state index in [0.717, 1.165) is 27.8 Å². The van der Waals surface area contributed by atoms with Gasteiger partial charge in [-0.1, -0.05) is 66.2 Å². The van der Waals surface area contributed by atoms with Gasteiger partial charge in [0.25, 0.3) is 11.8 Å². The van der Waals surface area contributed by atoms with Crippen molar-refractivity contribution < 1.29 is 24.2 Å². The second-order valence-corrected chi connectivity index (χ2v) is 13.7. The van der Waals surface area contributed by atoms with Crippen LogP contribution in [0.1, 0.15) is 41.7 Å². The van der Waals surface area contributed by atoms with Gasteiger partial charge in [0, 0.05) is 16.3 Å². The van der Waals surface area contributed by atoms with Gasteiger partial charge in [-0.25, -0.2) is 0 Å². The molecule has 4 rings (SSSR count). The summed E-state index contributed by atoms with van der Waals surface area (Å²) in [4.78, 5) is 41.9. The number of ether oxygens (including phenoxy) is 1. The van der Waals surface area contributed by atoms with Gasteiger partial charge in [0.15, 0.2) is 12.7 Å². The molecule has 0 radical (unpaired) electrons. The number of aryl methyl sites for hydroxylation is 3. The molecule has 3 aromatic rings. The van der Waals surface area contributed by atoms with Crippen LogP contribution in [-0.2, 0) is 27.3 Å². The minimum atomic E-state index is -1.60. The molecule has 0 spiro atoms. The molecule has 3 atom stereocenters. The quantitative estimate of drug-likeness (QED) is 0.281. The summed E-state index contributed by atoms with van der Waals surface area (Å²) in [6.07, 6.45) is -1.40. The van der Waals surface area contributed by atoms with E-state index in [1.165, 1.54) is 16.7 Å². The standard InChI is InChI=1S/C34H40ClN3O5S/c1-21-11-9-10-14-25(21)18-36-32(41)31-34(4,5)44-20-38(31)33(42)29(40)27(17-24-12-7-6-8-13-24)37-28(39)19-43-30-22(2)15-26(35)16-23(30)3/h6-16,27,29,31,40H,17-20H2,1-5H3,(H,36,41)(H,37,39). The molecule has 8 nitrogen and oxygen atoms in total. The van der Waals surface area contributed by atoms with Crippen LogP contribution in [0.2, 0.25) is 5.02 Å². The van der Waals surface area contributed by atoms with Crippen molar-refractivity contribution in [2.45, 2.75) is 70.5 Å². The Bertz CT molecular complexity index is 1480. The van der Waals surface area contributed by atoms with Crippen molar-refractivity contribution in [3.63, 3.8) is 0 Å². The second kappa shape index (κ2) is 14.5. The first kappa shape index (κ1) is 33.4. The van der Waals surface area contributed by atoms with Gasteiger partial charge < -0.3 is 25.4 Å². The Kier molecular flexibility index (Phi) is 11.0. The molecular formula is C34H40ClN3O5S. The Balaban J connectivity index is 1.49. The van der Waals surface area contributed by atoms with Gasteiger partial charge in [0.05, 0.1) is 11.9 Å². The zero-order chi connectivity index (χ0) is 32.0. The Morgan fingerprint density at radius 2 is 1.66 bits per heavy atom. The van der Waals surface area contributed by atoms with Gasteiger partial charge >= 0.3 is 0 Å². The van der Waals surface area contributed by atoms with Crippen LogP contribution >= 0.6 is 23.4 Å². The number of aliphatic hydroxyl groups is 1. The fourth-order valence-corrected chi connectivity index (χ4v) is 6.93. The summed E-state index contributed by atoms with van der Waals surface area (Å²) in [5.74, 6) is -0.623. The highest BCUT2D eigenvalue weighted by Gasteiger charge is 2.49. The molecule has 1 fully saturated rings. The highest BCUT2D eigenvalue weighted by atomic mass is 35.5. The van der Waals surface area contributed by atoms with Crippen molar-refractivity contribution in [3.8, 4) is 5.75 Å². The molecule has 1 aliphatic rings. The molecule has 0 aliphatic carbocycles. The molecule has 1 heterocycles. The summed E-state index contributed by atoms with van der Waals surface area (Å²) in [5, 5.41) is 17.8. The van der Waals surface area contributed by atoms with Crippen molar-refractivity contribution in [1.82, 2.24) is 15.5 Å². The number of halogens is 1. The predicted octanol–water partition coefficient (Wildman–Crippen LogP) is 4.73. The van der Waals surface area contributed by atoms with E-state index in [2.05, 4.69) is 10.6 Å². The molecule has 3 amide bonds. The van der Waals surface area contributed by atoms with E-state index in [9.17, 15) is 19.5 Å². The highest BCUT2D eigenvalue weighted by Crippen LogP contribution is 2.40. The third-order valence-corrected chi connectivity index (χ3v) is 9.44. The number of carbonyl (C=O) groups is 3. The van der Waals surface area contributed by atoms with Gasteiger partial charge in [-0.2, -0.15) is 0 Å². The average molecular weight is 638 g/mol. The van der Waals surface area contributed by atoms with Crippen molar-refractivity contribution in [1.29, 1.82) is 0 Å². The predicted molar refractivity (Wildman–Crippen MR) is 175 cm³/mol. The number of thioether (sulfide) groups is 1. The van der Waals surface area contributed by atoms with Gasteiger partial charge in [-0.15, -0.1) is 11.8 Å². The van der Waals surface area contributed by atoms with Crippen LogP contribution in [0.5, 0.6) is 5.75 Å². The van der Waals surface area contributed by atoms with E-state index in [-0.39, 0.29) is 24.8 Å². The van der Waals surface area contributed by atoms with Crippen LogP contribution in [-0.4, -0.2) is 63.1 Å². The van der Waals surface area contributed by atoms with E-state index in [0.29, 0.717) is 17.3 Å². The number of nitrogens with one attached hydrogen (secondary N) is 2. The molecule has 3 N–H and O–H groups in total. The Hall–Kier alpha value is -3.53. The largest absolute Gasteiger partial charge is 0.483 e. The average Bonchev–Trinajstić information content (AvgIpc) is 3.30. The monoisotopic (exact) mass is 637 g/mol. The second-order valence-electron chi connectivity index (χ2n) is 11.7. The number of benzene rings is 3. The summed E-state index contributed by atoms with van der Waals surface area (Å²) in [7, 11) is 0. The minimum Gasteiger partial charge on any atom is -0.483 e. The molecular weight excluding hydrogens is 598 g/mol. The van der Waals surface area contributed by atoms with E-state index < -0.39 is 34.7 Å².